The molecule has 0 N–H and O–H groups in total. The van der Waals surface area contributed by atoms with Gasteiger partial charge in [0.1, 0.15) is 11.3 Å². The summed E-state index contributed by atoms with van der Waals surface area (Å²) in [5.41, 5.74) is 1.04. The Morgan fingerprint density at radius 3 is 2.65 bits per heavy atom. The number of benzene rings is 1. The highest BCUT2D eigenvalue weighted by Crippen LogP contribution is 2.17. The van der Waals surface area contributed by atoms with Crippen molar-refractivity contribution in [2.75, 3.05) is 11.4 Å². The molecule has 0 saturated carbocycles. The molecule has 3 rings (SSSR count). The lowest BCUT2D eigenvalue weighted by Gasteiger charge is -2.21. The Hall–Kier alpha value is -3.21. The molecule has 0 amide bonds. The molecule has 0 spiro atoms. The van der Waals surface area contributed by atoms with Crippen molar-refractivity contribution < 1.29 is 8.78 Å². The van der Waals surface area contributed by atoms with E-state index in [4.69, 9.17) is 5.26 Å². The van der Waals surface area contributed by atoms with Crippen LogP contribution in [0.4, 0.5) is 14.5 Å². The minimum atomic E-state index is -0.673. The fourth-order valence-corrected chi connectivity index (χ4v) is 2.78. The summed E-state index contributed by atoms with van der Waals surface area (Å²) in [6, 6.07) is 9.53. The standard InChI is InChI=1S/C18H17F2N5O/c1-2-23(15-6-4-13(19)5-7-15)11-14-10-16-18(26)24(9-3-8-21)12-17(20)25(16)22-14/h4-7,10,12H,2-3,9,11H2,1H3. The van der Waals surface area contributed by atoms with Gasteiger partial charge in [0.05, 0.1) is 30.9 Å². The van der Waals surface area contributed by atoms with E-state index in [0.717, 1.165) is 16.4 Å². The predicted octanol–water partition coefficient (Wildman–Crippen LogP) is 2.71. The second kappa shape index (κ2) is 7.35. The molecular formula is C18H17F2N5O. The molecule has 2 aromatic heterocycles. The highest BCUT2D eigenvalue weighted by molar-refractivity contribution is 5.49. The zero-order valence-corrected chi connectivity index (χ0v) is 14.2. The molecule has 0 atom stereocenters. The smallest absolute Gasteiger partial charge is 0.276 e. The number of hydrogen-bond donors (Lipinski definition) is 0. The zero-order chi connectivity index (χ0) is 18.7. The lowest BCUT2D eigenvalue weighted by Crippen LogP contribution is -2.23. The Morgan fingerprint density at radius 1 is 1.27 bits per heavy atom. The summed E-state index contributed by atoms with van der Waals surface area (Å²) in [6.07, 6.45) is 1.17. The third kappa shape index (κ3) is 3.42. The monoisotopic (exact) mass is 357 g/mol. The van der Waals surface area contributed by atoms with Gasteiger partial charge in [-0.25, -0.2) is 4.39 Å². The molecule has 0 fully saturated rings. The molecule has 134 valence electrons. The van der Waals surface area contributed by atoms with Gasteiger partial charge >= 0.3 is 0 Å². The van der Waals surface area contributed by atoms with E-state index in [1.807, 2.05) is 17.9 Å². The number of nitriles is 1. The van der Waals surface area contributed by atoms with Crippen LogP contribution in [0.1, 0.15) is 19.0 Å². The molecule has 0 aliphatic heterocycles. The van der Waals surface area contributed by atoms with E-state index in [9.17, 15) is 13.6 Å². The number of rotatable bonds is 6. The van der Waals surface area contributed by atoms with Crippen LogP contribution in [-0.4, -0.2) is 20.7 Å². The molecule has 0 radical (unpaired) electrons. The molecule has 0 aliphatic carbocycles. The van der Waals surface area contributed by atoms with E-state index in [-0.39, 0.29) is 24.3 Å². The van der Waals surface area contributed by atoms with Crippen LogP contribution >= 0.6 is 0 Å². The van der Waals surface area contributed by atoms with Gasteiger partial charge in [0.15, 0.2) is 0 Å². The molecule has 1 aromatic carbocycles. The molecule has 0 saturated heterocycles. The van der Waals surface area contributed by atoms with Gasteiger partial charge in [-0.05, 0) is 37.3 Å². The van der Waals surface area contributed by atoms with E-state index in [2.05, 4.69) is 5.10 Å². The molecule has 3 aromatic rings. The molecule has 0 unspecified atom stereocenters. The van der Waals surface area contributed by atoms with Gasteiger partial charge in [-0.2, -0.15) is 19.3 Å². The van der Waals surface area contributed by atoms with Crippen molar-refractivity contribution in [2.45, 2.75) is 26.4 Å². The maximum absolute atomic E-state index is 14.3. The second-order valence-corrected chi connectivity index (χ2v) is 5.78. The Bertz CT molecular complexity index is 1020. The van der Waals surface area contributed by atoms with Crippen LogP contribution in [0, 0.1) is 23.1 Å². The van der Waals surface area contributed by atoms with Crippen LogP contribution in [0.3, 0.4) is 0 Å². The molecule has 2 heterocycles. The fraction of sp³-hybridized carbons (Fsp3) is 0.278. The number of halogens is 2. The first kappa shape index (κ1) is 17.6. The van der Waals surface area contributed by atoms with Crippen molar-refractivity contribution in [3.05, 3.63) is 64.3 Å². The van der Waals surface area contributed by atoms with Crippen LogP contribution in [0.5, 0.6) is 0 Å². The lowest BCUT2D eigenvalue weighted by molar-refractivity contribution is 0.511. The lowest BCUT2D eigenvalue weighted by atomic mass is 10.2. The van der Waals surface area contributed by atoms with Crippen molar-refractivity contribution >= 4 is 11.2 Å². The van der Waals surface area contributed by atoms with Crippen molar-refractivity contribution in [1.29, 1.82) is 5.26 Å². The summed E-state index contributed by atoms with van der Waals surface area (Å²) in [7, 11) is 0. The summed E-state index contributed by atoms with van der Waals surface area (Å²) in [4.78, 5) is 14.4. The van der Waals surface area contributed by atoms with Gasteiger partial charge in [-0.1, -0.05) is 0 Å². The Kier molecular flexibility index (Phi) is 4.98. The van der Waals surface area contributed by atoms with Crippen LogP contribution in [0.2, 0.25) is 0 Å². The molecule has 0 bridgehead atoms. The van der Waals surface area contributed by atoms with Crippen molar-refractivity contribution in [3.63, 3.8) is 0 Å². The zero-order valence-electron chi connectivity index (χ0n) is 14.2. The minimum Gasteiger partial charge on any atom is -0.366 e. The summed E-state index contributed by atoms with van der Waals surface area (Å²) >= 11 is 0. The summed E-state index contributed by atoms with van der Waals surface area (Å²) in [6.45, 7) is 3.05. The summed E-state index contributed by atoms with van der Waals surface area (Å²) < 4.78 is 29.5. The van der Waals surface area contributed by atoms with E-state index >= 15 is 0 Å². The molecule has 6 nitrogen and oxygen atoms in total. The summed E-state index contributed by atoms with van der Waals surface area (Å²) in [5.74, 6) is -0.994. The number of anilines is 1. The molecule has 26 heavy (non-hydrogen) atoms. The number of hydrogen-bond acceptors (Lipinski definition) is 4. The maximum atomic E-state index is 14.3. The Labute approximate surface area is 148 Å². The first-order chi connectivity index (χ1) is 12.5. The first-order valence-electron chi connectivity index (χ1n) is 8.18. The number of aromatic nitrogens is 3. The van der Waals surface area contributed by atoms with E-state index in [0.29, 0.717) is 18.8 Å². The van der Waals surface area contributed by atoms with E-state index < -0.39 is 11.5 Å². The van der Waals surface area contributed by atoms with E-state index in [1.54, 1.807) is 18.2 Å². The van der Waals surface area contributed by atoms with Crippen LogP contribution < -0.4 is 10.5 Å². The Morgan fingerprint density at radius 2 is 2.00 bits per heavy atom. The van der Waals surface area contributed by atoms with Crippen LogP contribution in [0.15, 0.2) is 41.3 Å². The van der Waals surface area contributed by atoms with Gasteiger partial charge in [0, 0.05) is 18.8 Å². The minimum absolute atomic E-state index is 0.116. The predicted molar refractivity (Wildman–Crippen MR) is 92.8 cm³/mol. The van der Waals surface area contributed by atoms with Gasteiger partial charge in [0.25, 0.3) is 5.56 Å². The molecule has 0 aliphatic rings. The van der Waals surface area contributed by atoms with Gasteiger partial charge in [0.2, 0.25) is 5.95 Å². The fourth-order valence-electron chi connectivity index (χ4n) is 2.78. The van der Waals surface area contributed by atoms with E-state index in [1.165, 1.54) is 16.7 Å². The SMILES string of the molecule is CCN(Cc1cc2c(=O)n(CCC#N)cc(F)n2n1)c1ccc(F)cc1. The number of aryl methyl sites for hydroxylation is 1. The molecule has 8 heteroatoms. The van der Waals surface area contributed by atoms with Crippen molar-refractivity contribution in [3.8, 4) is 6.07 Å². The summed E-state index contributed by atoms with van der Waals surface area (Å²) in [5, 5.41) is 12.8. The third-order valence-electron chi connectivity index (χ3n) is 4.10. The maximum Gasteiger partial charge on any atom is 0.276 e. The van der Waals surface area contributed by atoms with Gasteiger partial charge in [-0.3, -0.25) is 4.79 Å². The van der Waals surface area contributed by atoms with Crippen molar-refractivity contribution in [2.24, 2.45) is 0 Å². The van der Waals surface area contributed by atoms with Crippen LogP contribution in [-0.2, 0) is 13.1 Å². The highest BCUT2D eigenvalue weighted by Gasteiger charge is 2.14. The van der Waals surface area contributed by atoms with Crippen molar-refractivity contribution in [1.82, 2.24) is 14.2 Å². The number of nitrogens with zero attached hydrogens (tertiary/aromatic N) is 5. The highest BCUT2D eigenvalue weighted by atomic mass is 19.1. The quantitative estimate of drug-likeness (QED) is 0.680. The second-order valence-electron chi connectivity index (χ2n) is 5.78. The normalized spacial score (nSPS) is 10.8. The first-order valence-corrected chi connectivity index (χ1v) is 8.18. The molecular weight excluding hydrogens is 340 g/mol. The Balaban J connectivity index is 1.94. The largest absolute Gasteiger partial charge is 0.366 e. The van der Waals surface area contributed by atoms with Gasteiger partial charge < -0.3 is 9.47 Å². The topological polar surface area (TPSA) is 66.3 Å². The van der Waals surface area contributed by atoms with Crippen LogP contribution in [0.25, 0.3) is 5.52 Å². The average Bonchev–Trinajstić information content (AvgIpc) is 3.07. The third-order valence-corrected chi connectivity index (χ3v) is 4.10. The number of fused-ring (bicyclic) bond motifs is 1. The van der Waals surface area contributed by atoms with Gasteiger partial charge in [-0.15, -0.1) is 0 Å². The average molecular weight is 357 g/mol.